The van der Waals surface area contributed by atoms with Gasteiger partial charge in [0.1, 0.15) is 5.56 Å². The molecule has 1 amide bonds. The Labute approximate surface area is 124 Å². The van der Waals surface area contributed by atoms with Gasteiger partial charge < -0.3 is 15.2 Å². The molecule has 0 saturated carbocycles. The molecule has 0 aliphatic heterocycles. The fraction of sp³-hybridized carbons (Fsp3) is 0.214. The molecule has 8 heteroatoms. The van der Waals surface area contributed by atoms with E-state index in [1.54, 1.807) is 13.8 Å². The fourth-order valence-corrected chi connectivity index (χ4v) is 1.84. The van der Waals surface area contributed by atoms with Crippen LogP contribution in [-0.2, 0) is 0 Å². The topological polar surface area (TPSA) is 87.3 Å². The first kappa shape index (κ1) is 15.6. The highest BCUT2D eigenvalue weighted by atomic mass is 19.2. The minimum absolute atomic E-state index is 0.0132. The minimum Gasteiger partial charge on any atom is -0.490 e. The summed E-state index contributed by atoms with van der Waals surface area (Å²) in [5, 5.41) is 7.56. The van der Waals surface area contributed by atoms with Gasteiger partial charge in [0.05, 0.1) is 12.8 Å². The maximum Gasteiger partial charge on any atom is 0.254 e. The van der Waals surface area contributed by atoms with Gasteiger partial charge in [0, 0.05) is 0 Å². The van der Waals surface area contributed by atoms with Gasteiger partial charge in [-0.25, -0.2) is 4.39 Å². The molecule has 0 radical (unpaired) electrons. The molecule has 2 rings (SSSR count). The molecule has 0 bridgehead atoms. The minimum atomic E-state index is -1.21. The predicted molar refractivity (Wildman–Crippen MR) is 73.0 cm³/mol. The number of nitrogens with zero attached hydrogens (tertiary/aromatic N) is 2. The largest absolute Gasteiger partial charge is 0.490 e. The number of carbonyl (C=O) groups is 1. The van der Waals surface area contributed by atoms with Crippen molar-refractivity contribution in [3.05, 3.63) is 40.6 Å². The summed E-state index contributed by atoms with van der Waals surface area (Å²) in [5.74, 6) is -3.88. The third-order valence-corrected chi connectivity index (χ3v) is 3.09. The number of ether oxygens (including phenoxy) is 2. The number of amides is 1. The van der Waals surface area contributed by atoms with Crippen LogP contribution in [0.1, 0.15) is 21.6 Å². The molecular formula is C14H13F2N3O3. The summed E-state index contributed by atoms with van der Waals surface area (Å²) < 4.78 is 37.0. The van der Waals surface area contributed by atoms with Crippen LogP contribution in [0.5, 0.6) is 17.4 Å². The van der Waals surface area contributed by atoms with E-state index in [0.717, 1.165) is 19.2 Å². The zero-order chi connectivity index (χ0) is 16.4. The first-order valence-corrected chi connectivity index (χ1v) is 6.20. The Morgan fingerprint density at radius 1 is 1.23 bits per heavy atom. The lowest BCUT2D eigenvalue weighted by Crippen LogP contribution is -2.16. The van der Waals surface area contributed by atoms with Crippen molar-refractivity contribution in [2.75, 3.05) is 7.11 Å². The number of primary amides is 1. The van der Waals surface area contributed by atoms with Crippen molar-refractivity contribution in [3.8, 4) is 17.4 Å². The molecule has 1 heterocycles. The maximum absolute atomic E-state index is 13.7. The number of carbonyl (C=O) groups excluding carboxylic acids is 1. The van der Waals surface area contributed by atoms with E-state index >= 15 is 0 Å². The number of hydrogen-bond acceptors (Lipinski definition) is 5. The monoisotopic (exact) mass is 309 g/mol. The average Bonchev–Trinajstić information content (AvgIpc) is 2.47. The van der Waals surface area contributed by atoms with Crippen molar-refractivity contribution >= 4 is 5.91 Å². The summed E-state index contributed by atoms with van der Waals surface area (Å²) in [6, 6.07) is 2.02. The molecule has 0 aliphatic carbocycles. The molecule has 116 valence electrons. The zero-order valence-corrected chi connectivity index (χ0v) is 12.1. The number of benzene rings is 1. The Balaban J connectivity index is 2.55. The van der Waals surface area contributed by atoms with E-state index in [1.165, 1.54) is 0 Å². The van der Waals surface area contributed by atoms with Gasteiger partial charge in [-0.15, -0.1) is 5.10 Å². The van der Waals surface area contributed by atoms with Crippen LogP contribution in [0.3, 0.4) is 0 Å². The number of halogens is 2. The van der Waals surface area contributed by atoms with E-state index in [4.69, 9.17) is 15.2 Å². The lowest BCUT2D eigenvalue weighted by Gasteiger charge is -2.13. The maximum atomic E-state index is 13.7. The van der Waals surface area contributed by atoms with E-state index in [0.29, 0.717) is 11.3 Å². The van der Waals surface area contributed by atoms with Gasteiger partial charge in [-0.2, -0.15) is 9.49 Å². The van der Waals surface area contributed by atoms with Gasteiger partial charge in [-0.05, 0) is 31.5 Å². The summed E-state index contributed by atoms with van der Waals surface area (Å²) in [6.45, 7) is 3.27. The van der Waals surface area contributed by atoms with Crippen LogP contribution < -0.4 is 15.2 Å². The van der Waals surface area contributed by atoms with Crippen LogP contribution in [0.25, 0.3) is 0 Å². The molecule has 0 aliphatic rings. The molecule has 22 heavy (non-hydrogen) atoms. The van der Waals surface area contributed by atoms with Crippen molar-refractivity contribution in [1.29, 1.82) is 0 Å². The normalized spacial score (nSPS) is 10.4. The van der Waals surface area contributed by atoms with Crippen LogP contribution in [0.4, 0.5) is 8.78 Å². The summed E-state index contributed by atoms with van der Waals surface area (Å²) in [4.78, 5) is 11.6. The SMILES string of the molecule is COc1c(Oc2nnc(C)c(C)c2C(N)=O)ccc(F)c1F. The molecule has 1 aromatic heterocycles. The number of aryl methyl sites for hydroxylation is 1. The third-order valence-electron chi connectivity index (χ3n) is 3.09. The van der Waals surface area contributed by atoms with Crippen molar-refractivity contribution in [2.45, 2.75) is 13.8 Å². The molecule has 0 spiro atoms. The Hall–Kier alpha value is -2.77. The van der Waals surface area contributed by atoms with E-state index in [9.17, 15) is 13.6 Å². The Bertz CT molecular complexity index is 751. The standard InChI is InChI=1S/C14H13F2N3O3/c1-6-7(2)18-19-14(10(6)13(17)20)22-9-5-4-8(15)11(16)12(9)21-3/h4-5H,1-3H3,(H2,17,20). The third kappa shape index (κ3) is 2.67. The molecule has 0 fully saturated rings. The predicted octanol–water partition coefficient (Wildman–Crippen LogP) is 2.27. The van der Waals surface area contributed by atoms with Crippen LogP contribution in [0.15, 0.2) is 12.1 Å². The molecule has 2 aromatic rings. The van der Waals surface area contributed by atoms with Crippen molar-refractivity contribution < 1.29 is 23.0 Å². The van der Waals surface area contributed by atoms with Crippen LogP contribution >= 0.6 is 0 Å². The first-order chi connectivity index (χ1) is 10.4. The van der Waals surface area contributed by atoms with E-state index < -0.39 is 23.3 Å². The molecule has 0 unspecified atom stereocenters. The van der Waals surface area contributed by atoms with Gasteiger partial charge in [-0.1, -0.05) is 0 Å². The summed E-state index contributed by atoms with van der Waals surface area (Å²) in [7, 11) is 1.16. The molecule has 6 nitrogen and oxygen atoms in total. The van der Waals surface area contributed by atoms with Crippen LogP contribution in [0, 0.1) is 25.5 Å². The highest BCUT2D eigenvalue weighted by Gasteiger charge is 2.21. The molecule has 0 atom stereocenters. The van der Waals surface area contributed by atoms with Crippen molar-refractivity contribution in [2.24, 2.45) is 5.73 Å². The smallest absolute Gasteiger partial charge is 0.254 e. The average molecular weight is 309 g/mol. The highest BCUT2D eigenvalue weighted by molar-refractivity contribution is 5.96. The fourth-order valence-electron chi connectivity index (χ4n) is 1.84. The van der Waals surface area contributed by atoms with Gasteiger partial charge in [0.2, 0.25) is 11.6 Å². The zero-order valence-electron chi connectivity index (χ0n) is 12.1. The number of methoxy groups -OCH3 is 1. The summed E-state index contributed by atoms with van der Waals surface area (Å²) in [5.41, 5.74) is 6.31. The molecule has 1 aromatic carbocycles. The Kier molecular flexibility index (Phi) is 4.20. The van der Waals surface area contributed by atoms with Crippen molar-refractivity contribution in [1.82, 2.24) is 10.2 Å². The Morgan fingerprint density at radius 2 is 1.91 bits per heavy atom. The summed E-state index contributed by atoms with van der Waals surface area (Å²) in [6.07, 6.45) is 0. The first-order valence-electron chi connectivity index (χ1n) is 6.20. The number of rotatable bonds is 4. The van der Waals surface area contributed by atoms with E-state index in [2.05, 4.69) is 10.2 Å². The van der Waals surface area contributed by atoms with E-state index in [-0.39, 0.29) is 17.2 Å². The van der Waals surface area contributed by atoms with Crippen LogP contribution in [0.2, 0.25) is 0 Å². The van der Waals surface area contributed by atoms with Gasteiger partial charge in [0.25, 0.3) is 11.8 Å². The number of hydrogen-bond donors (Lipinski definition) is 1. The highest BCUT2D eigenvalue weighted by Crippen LogP contribution is 2.35. The Morgan fingerprint density at radius 3 is 2.50 bits per heavy atom. The second kappa shape index (κ2) is 5.92. The quantitative estimate of drug-likeness (QED) is 0.936. The van der Waals surface area contributed by atoms with Gasteiger partial charge in [-0.3, -0.25) is 4.79 Å². The second-order valence-electron chi connectivity index (χ2n) is 4.45. The molecular weight excluding hydrogens is 296 g/mol. The summed E-state index contributed by atoms with van der Waals surface area (Å²) >= 11 is 0. The number of nitrogens with two attached hydrogens (primary N) is 1. The molecule has 2 N–H and O–H groups in total. The number of aromatic nitrogens is 2. The lowest BCUT2D eigenvalue weighted by molar-refractivity contribution is 0.0996. The lowest BCUT2D eigenvalue weighted by atomic mass is 10.1. The van der Waals surface area contributed by atoms with Crippen molar-refractivity contribution in [3.63, 3.8) is 0 Å². The van der Waals surface area contributed by atoms with Crippen LogP contribution in [-0.4, -0.2) is 23.2 Å². The van der Waals surface area contributed by atoms with Gasteiger partial charge in [0.15, 0.2) is 11.6 Å². The molecule has 0 saturated heterocycles. The van der Waals surface area contributed by atoms with Gasteiger partial charge >= 0.3 is 0 Å². The second-order valence-corrected chi connectivity index (χ2v) is 4.45. The van der Waals surface area contributed by atoms with E-state index in [1.807, 2.05) is 0 Å².